The Kier molecular flexibility index (Phi) is 3.29. The lowest BCUT2D eigenvalue weighted by Crippen LogP contribution is -2.29. The van der Waals surface area contributed by atoms with Crippen LogP contribution in [0.25, 0.3) is 0 Å². The topological polar surface area (TPSA) is 62.2 Å². The Morgan fingerprint density at radius 3 is 3.05 bits per heavy atom. The zero-order valence-electron chi connectivity index (χ0n) is 11.3. The number of ether oxygens (including phenoxy) is 2. The predicted molar refractivity (Wildman–Crippen MR) is 70.4 cm³/mol. The molecule has 0 bridgehead atoms. The summed E-state index contributed by atoms with van der Waals surface area (Å²) in [6.07, 6.45) is 4.75. The lowest BCUT2D eigenvalue weighted by molar-refractivity contribution is -0.0873. The Morgan fingerprint density at radius 2 is 2.32 bits per heavy atom. The molecule has 0 radical (unpaired) electrons. The van der Waals surface area contributed by atoms with Gasteiger partial charge in [0.2, 0.25) is 0 Å². The van der Waals surface area contributed by atoms with Gasteiger partial charge in [0.25, 0.3) is 0 Å². The zero-order chi connectivity index (χ0) is 13.6. The largest absolute Gasteiger partial charge is 0.392 e. The summed E-state index contributed by atoms with van der Waals surface area (Å²) in [6, 6.07) is 0. The number of fused-ring (bicyclic) bond motifs is 3. The highest BCUT2D eigenvalue weighted by molar-refractivity contribution is 5.20. The lowest BCUT2D eigenvalue weighted by atomic mass is 9.84. The highest BCUT2D eigenvalue weighted by atomic mass is 16.7. The Hall–Kier alpha value is -0.680. The number of hydrogen-bond acceptors (Lipinski definition) is 4. The van der Waals surface area contributed by atoms with Gasteiger partial charge in [-0.3, -0.25) is 0 Å². The van der Waals surface area contributed by atoms with Crippen LogP contribution in [0, 0.1) is 5.92 Å². The maximum atomic E-state index is 9.85. The third-order valence-electron chi connectivity index (χ3n) is 4.77. The minimum atomic E-state index is -0.870. The summed E-state index contributed by atoms with van der Waals surface area (Å²) in [5, 5.41) is 19.2. The molecule has 5 atom stereocenters. The van der Waals surface area contributed by atoms with E-state index in [2.05, 4.69) is 19.6 Å². The molecule has 0 saturated carbocycles. The molecule has 1 unspecified atom stereocenters. The van der Waals surface area contributed by atoms with Crippen LogP contribution in [-0.4, -0.2) is 40.9 Å². The van der Waals surface area contributed by atoms with Crippen LogP contribution < -0.4 is 0 Å². The maximum absolute atomic E-state index is 9.85. The van der Waals surface area contributed by atoms with E-state index in [-0.39, 0.29) is 30.3 Å². The van der Waals surface area contributed by atoms with Gasteiger partial charge in [0, 0.05) is 5.92 Å². The summed E-state index contributed by atoms with van der Waals surface area (Å²) >= 11 is 0. The van der Waals surface area contributed by atoms with Crippen molar-refractivity contribution in [3.8, 4) is 0 Å². The number of epoxide rings is 1. The van der Waals surface area contributed by atoms with Crippen molar-refractivity contribution in [3.63, 3.8) is 0 Å². The van der Waals surface area contributed by atoms with Gasteiger partial charge in [0.1, 0.15) is 6.10 Å². The van der Waals surface area contributed by atoms with Crippen molar-refractivity contribution in [3.05, 3.63) is 23.8 Å². The average Bonchev–Trinajstić information content (AvgIpc) is 2.97. The van der Waals surface area contributed by atoms with Crippen molar-refractivity contribution in [2.75, 3.05) is 6.61 Å². The maximum Gasteiger partial charge on any atom is 0.177 e. The number of aliphatic hydroxyl groups excluding tert-OH is 2. The number of aliphatic hydroxyl groups is 2. The van der Waals surface area contributed by atoms with E-state index in [9.17, 15) is 10.2 Å². The molecular weight excluding hydrogens is 244 g/mol. The summed E-state index contributed by atoms with van der Waals surface area (Å²) in [4.78, 5) is 0. The van der Waals surface area contributed by atoms with Crippen LogP contribution >= 0.6 is 0 Å². The summed E-state index contributed by atoms with van der Waals surface area (Å²) in [5.41, 5.74) is 1.66. The molecule has 3 rings (SSSR count). The molecule has 2 saturated heterocycles. The van der Waals surface area contributed by atoms with Gasteiger partial charge in [-0.1, -0.05) is 12.7 Å². The van der Waals surface area contributed by atoms with Gasteiger partial charge in [-0.05, 0) is 43.8 Å². The van der Waals surface area contributed by atoms with Crippen molar-refractivity contribution in [1.29, 1.82) is 0 Å². The van der Waals surface area contributed by atoms with Gasteiger partial charge in [-0.25, -0.2) is 0 Å². The molecule has 4 heteroatoms. The Bertz CT molecular complexity index is 416. The Balaban J connectivity index is 1.84. The molecule has 2 heterocycles. The highest BCUT2D eigenvalue weighted by Gasteiger charge is 2.60. The molecule has 2 fully saturated rings. The molecule has 106 valence electrons. The molecular formula is C15H22O4. The van der Waals surface area contributed by atoms with Gasteiger partial charge in [0.05, 0.1) is 18.3 Å². The second kappa shape index (κ2) is 4.70. The average molecular weight is 266 g/mol. The van der Waals surface area contributed by atoms with Crippen LogP contribution in [0.2, 0.25) is 0 Å². The first-order valence-electron chi connectivity index (χ1n) is 7.04. The van der Waals surface area contributed by atoms with E-state index in [0.29, 0.717) is 0 Å². The first-order valence-corrected chi connectivity index (χ1v) is 7.04. The monoisotopic (exact) mass is 266 g/mol. The van der Waals surface area contributed by atoms with E-state index in [0.717, 1.165) is 36.8 Å². The van der Waals surface area contributed by atoms with Crippen molar-refractivity contribution in [2.45, 2.75) is 56.7 Å². The lowest BCUT2D eigenvalue weighted by Gasteiger charge is -2.20. The van der Waals surface area contributed by atoms with Crippen LogP contribution in [0.4, 0.5) is 0 Å². The fourth-order valence-corrected chi connectivity index (χ4v) is 3.38. The standard InChI is InChI=1S/C15H22O4/c1-9-11-6-5-10(8-16)4-3-7-15(2)13(19-15)12(11)18-14(9)17/h4,11-14,16-17H,1,3,5-8H2,2H3/b10-4+/t11-,12-,13-,14?,15+/m0/s1. The fourth-order valence-electron chi connectivity index (χ4n) is 3.38. The smallest absolute Gasteiger partial charge is 0.177 e. The van der Waals surface area contributed by atoms with E-state index in [1.807, 2.05) is 0 Å². The van der Waals surface area contributed by atoms with Crippen molar-refractivity contribution in [1.82, 2.24) is 0 Å². The third kappa shape index (κ3) is 2.27. The molecule has 0 spiro atoms. The first-order chi connectivity index (χ1) is 9.05. The van der Waals surface area contributed by atoms with E-state index in [4.69, 9.17) is 9.47 Å². The van der Waals surface area contributed by atoms with Crippen LogP contribution in [0.5, 0.6) is 0 Å². The molecule has 0 aromatic carbocycles. The number of hydrogen-bond donors (Lipinski definition) is 2. The summed E-state index contributed by atoms with van der Waals surface area (Å²) in [6.45, 7) is 6.16. The van der Waals surface area contributed by atoms with Gasteiger partial charge in [-0.2, -0.15) is 0 Å². The first kappa shape index (κ1) is 13.3. The molecule has 2 N–H and O–H groups in total. The zero-order valence-corrected chi connectivity index (χ0v) is 11.3. The summed E-state index contributed by atoms with van der Waals surface area (Å²) < 4.78 is 11.5. The van der Waals surface area contributed by atoms with E-state index in [1.54, 1.807) is 0 Å². The second-order valence-electron chi connectivity index (χ2n) is 6.08. The number of allylic oxidation sites excluding steroid dienone is 1. The third-order valence-corrected chi connectivity index (χ3v) is 4.77. The van der Waals surface area contributed by atoms with Crippen LogP contribution in [-0.2, 0) is 9.47 Å². The SMILES string of the molecule is C=C1C(O)O[C@H]2[C@H]1CC/C(CO)=C\CC[C@@]1(C)O[C@@H]21. The van der Waals surface area contributed by atoms with Crippen LogP contribution in [0.15, 0.2) is 23.8 Å². The van der Waals surface area contributed by atoms with Gasteiger partial charge < -0.3 is 19.7 Å². The second-order valence-corrected chi connectivity index (χ2v) is 6.08. The highest BCUT2D eigenvalue weighted by Crippen LogP contribution is 2.50. The molecule has 3 aliphatic rings. The van der Waals surface area contributed by atoms with Crippen molar-refractivity contribution in [2.24, 2.45) is 5.92 Å². The Morgan fingerprint density at radius 1 is 1.53 bits per heavy atom. The summed E-state index contributed by atoms with van der Waals surface area (Å²) in [7, 11) is 0. The molecule has 0 amide bonds. The fraction of sp³-hybridized carbons (Fsp3) is 0.733. The van der Waals surface area contributed by atoms with Gasteiger partial charge >= 0.3 is 0 Å². The van der Waals surface area contributed by atoms with E-state index < -0.39 is 6.29 Å². The van der Waals surface area contributed by atoms with Crippen molar-refractivity contribution < 1.29 is 19.7 Å². The number of rotatable bonds is 1. The minimum absolute atomic E-state index is 0.0653. The minimum Gasteiger partial charge on any atom is -0.392 e. The van der Waals surface area contributed by atoms with Crippen LogP contribution in [0.3, 0.4) is 0 Å². The van der Waals surface area contributed by atoms with Gasteiger partial charge in [-0.15, -0.1) is 0 Å². The quantitative estimate of drug-likeness (QED) is 0.558. The predicted octanol–water partition coefficient (Wildman–Crippen LogP) is 1.53. The van der Waals surface area contributed by atoms with Crippen LogP contribution in [0.1, 0.15) is 32.6 Å². The van der Waals surface area contributed by atoms with E-state index >= 15 is 0 Å². The molecule has 1 aliphatic carbocycles. The van der Waals surface area contributed by atoms with Gasteiger partial charge in [0.15, 0.2) is 6.29 Å². The molecule has 2 aliphatic heterocycles. The molecule has 4 nitrogen and oxygen atoms in total. The van der Waals surface area contributed by atoms with Crippen molar-refractivity contribution >= 4 is 0 Å². The molecule has 19 heavy (non-hydrogen) atoms. The Labute approximate surface area is 113 Å². The van der Waals surface area contributed by atoms with E-state index in [1.165, 1.54) is 0 Å². The molecule has 0 aromatic heterocycles. The molecule has 0 aromatic rings. The summed E-state index contributed by atoms with van der Waals surface area (Å²) in [5.74, 6) is 0.120. The normalized spacial score (nSPS) is 49.0.